The maximum atomic E-state index is 12.9. The summed E-state index contributed by atoms with van der Waals surface area (Å²) in [5, 5.41) is 11.4. The van der Waals surface area contributed by atoms with Crippen molar-refractivity contribution in [2.75, 3.05) is 19.6 Å². The van der Waals surface area contributed by atoms with Gasteiger partial charge in [0.05, 0.1) is 10.8 Å². The van der Waals surface area contributed by atoms with E-state index in [4.69, 9.17) is 5.11 Å². The van der Waals surface area contributed by atoms with Gasteiger partial charge in [-0.15, -0.1) is 0 Å². The summed E-state index contributed by atoms with van der Waals surface area (Å²) in [6, 6.07) is 4.53. The molecule has 1 aliphatic rings. The fourth-order valence-electron chi connectivity index (χ4n) is 2.70. The van der Waals surface area contributed by atoms with Gasteiger partial charge in [-0.1, -0.05) is 19.4 Å². The third-order valence-corrected chi connectivity index (χ3v) is 6.41. The fourth-order valence-corrected chi connectivity index (χ4v) is 4.47. The highest BCUT2D eigenvalue weighted by Crippen LogP contribution is 2.24. The molecule has 1 heterocycles. The number of carboxylic acids is 1. The van der Waals surface area contributed by atoms with Crippen LogP contribution >= 0.6 is 0 Å². The van der Waals surface area contributed by atoms with E-state index in [1.807, 2.05) is 0 Å². The zero-order valence-corrected chi connectivity index (χ0v) is 15.3. The number of nitrogens with one attached hydrogen (secondary N) is 1. The van der Waals surface area contributed by atoms with Gasteiger partial charge in [0.1, 0.15) is 0 Å². The van der Waals surface area contributed by atoms with Crippen molar-refractivity contribution in [3.63, 3.8) is 0 Å². The van der Waals surface area contributed by atoms with Crippen LogP contribution in [0.1, 0.15) is 42.1 Å². The Balaban J connectivity index is 2.22. The molecular formula is C17H24N2O5S. The van der Waals surface area contributed by atoms with Crippen LogP contribution in [-0.2, 0) is 14.8 Å². The second-order valence-corrected chi connectivity index (χ2v) is 8.30. The predicted octanol–water partition coefficient (Wildman–Crippen LogP) is 1.62. The number of carboxylic acid groups (broad SMARTS) is 1. The molecule has 2 N–H and O–H groups in total. The quantitative estimate of drug-likeness (QED) is 0.794. The zero-order valence-electron chi connectivity index (χ0n) is 14.5. The second kappa shape index (κ2) is 7.97. The maximum absolute atomic E-state index is 12.9. The van der Waals surface area contributed by atoms with E-state index in [1.54, 1.807) is 19.1 Å². The van der Waals surface area contributed by atoms with Gasteiger partial charge in [-0.25, -0.2) is 8.42 Å². The first-order valence-electron chi connectivity index (χ1n) is 8.35. The number of rotatable bonds is 6. The highest BCUT2D eigenvalue weighted by atomic mass is 32.2. The largest absolute Gasteiger partial charge is 0.481 e. The molecule has 0 saturated carbocycles. The van der Waals surface area contributed by atoms with E-state index in [0.29, 0.717) is 18.7 Å². The molecule has 0 aliphatic carbocycles. The average molecular weight is 368 g/mol. The van der Waals surface area contributed by atoms with E-state index in [9.17, 15) is 18.0 Å². The first-order valence-corrected chi connectivity index (χ1v) is 9.79. The summed E-state index contributed by atoms with van der Waals surface area (Å²) in [6.07, 6.45) is 2.70. The molecule has 1 aromatic rings. The molecule has 1 saturated heterocycles. The Hall–Kier alpha value is -1.93. The van der Waals surface area contributed by atoms with Crippen molar-refractivity contribution in [1.29, 1.82) is 0 Å². The monoisotopic (exact) mass is 368 g/mol. The molecule has 0 radical (unpaired) electrons. The van der Waals surface area contributed by atoms with Crippen LogP contribution in [0.2, 0.25) is 0 Å². The molecule has 1 amide bonds. The third kappa shape index (κ3) is 4.58. The smallest absolute Gasteiger partial charge is 0.308 e. The standard InChI is InChI=1S/C17H24N2O5S/c1-12-6-7-14(16(20)18-11-13(2)17(21)22)10-15(12)25(23,24)19-8-4-3-5-9-19/h6-7,10,13H,3-5,8-9,11H2,1-2H3,(H,18,20)(H,21,22). The first kappa shape index (κ1) is 19.4. The third-order valence-electron chi connectivity index (χ3n) is 4.37. The number of aryl methyl sites for hydroxylation is 1. The Kier molecular flexibility index (Phi) is 6.18. The summed E-state index contributed by atoms with van der Waals surface area (Å²) in [5.41, 5.74) is 0.791. The predicted molar refractivity (Wildman–Crippen MR) is 92.9 cm³/mol. The Morgan fingerprint density at radius 1 is 1.24 bits per heavy atom. The van der Waals surface area contributed by atoms with E-state index in [-0.39, 0.29) is 17.0 Å². The van der Waals surface area contributed by atoms with Crippen LogP contribution in [0.3, 0.4) is 0 Å². The topological polar surface area (TPSA) is 104 Å². The number of piperidine rings is 1. The number of carbonyl (C=O) groups excluding carboxylic acids is 1. The van der Waals surface area contributed by atoms with E-state index in [2.05, 4.69) is 5.32 Å². The summed E-state index contributed by atoms with van der Waals surface area (Å²) in [6.45, 7) is 4.16. The van der Waals surface area contributed by atoms with Crippen molar-refractivity contribution < 1.29 is 23.1 Å². The Bertz CT molecular complexity index is 754. The molecule has 2 rings (SSSR count). The van der Waals surface area contributed by atoms with Gasteiger partial charge >= 0.3 is 5.97 Å². The minimum atomic E-state index is -3.63. The molecule has 1 aromatic carbocycles. The fraction of sp³-hybridized carbons (Fsp3) is 0.529. The van der Waals surface area contributed by atoms with Crippen molar-refractivity contribution >= 4 is 21.9 Å². The molecular weight excluding hydrogens is 344 g/mol. The van der Waals surface area contributed by atoms with Crippen LogP contribution in [0.4, 0.5) is 0 Å². The van der Waals surface area contributed by atoms with E-state index < -0.39 is 27.8 Å². The van der Waals surface area contributed by atoms with Gasteiger partial charge in [-0.3, -0.25) is 9.59 Å². The van der Waals surface area contributed by atoms with Gasteiger partial charge < -0.3 is 10.4 Å². The van der Waals surface area contributed by atoms with Gasteiger partial charge in [0.2, 0.25) is 10.0 Å². The van der Waals surface area contributed by atoms with Gasteiger partial charge in [0, 0.05) is 25.2 Å². The van der Waals surface area contributed by atoms with Crippen LogP contribution in [-0.4, -0.2) is 49.3 Å². The van der Waals surface area contributed by atoms with Crippen molar-refractivity contribution in [1.82, 2.24) is 9.62 Å². The molecule has 1 unspecified atom stereocenters. The number of nitrogens with zero attached hydrogens (tertiary/aromatic N) is 1. The van der Waals surface area contributed by atoms with E-state index in [1.165, 1.54) is 17.3 Å². The van der Waals surface area contributed by atoms with Crippen LogP contribution in [0, 0.1) is 12.8 Å². The molecule has 1 fully saturated rings. The number of sulfonamides is 1. The SMILES string of the molecule is Cc1ccc(C(=O)NCC(C)C(=O)O)cc1S(=O)(=O)N1CCCCC1. The molecule has 25 heavy (non-hydrogen) atoms. The molecule has 0 bridgehead atoms. The molecule has 0 aromatic heterocycles. The minimum absolute atomic E-state index is 0.0176. The molecule has 1 aliphatic heterocycles. The summed E-state index contributed by atoms with van der Waals surface area (Å²) in [5.74, 6) is -2.20. The van der Waals surface area contributed by atoms with E-state index >= 15 is 0 Å². The molecule has 1 atom stereocenters. The lowest BCUT2D eigenvalue weighted by atomic mass is 10.1. The average Bonchev–Trinajstić information content (AvgIpc) is 2.60. The van der Waals surface area contributed by atoms with Gasteiger partial charge in [0.15, 0.2) is 0 Å². The number of hydrogen-bond acceptors (Lipinski definition) is 4. The highest BCUT2D eigenvalue weighted by molar-refractivity contribution is 7.89. The normalized spacial score (nSPS) is 17.0. The Morgan fingerprint density at radius 3 is 2.48 bits per heavy atom. The van der Waals surface area contributed by atoms with Crippen LogP contribution in [0.15, 0.2) is 23.1 Å². The summed E-state index contributed by atoms with van der Waals surface area (Å²) >= 11 is 0. The van der Waals surface area contributed by atoms with E-state index in [0.717, 1.165) is 19.3 Å². The number of carbonyl (C=O) groups is 2. The maximum Gasteiger partial charge on any atom is 0.308 e. The lowest BCUT2D eigenvalue weighted by Crippen LogP contribution is -2.36. The zero-order chi connectivity index (χ0) is 18.6. The molecule has 138 valence electrons. The van der Waals surface area contributed by atoms with Gasteiger partial charge in [-0.2, -0.15) is 4.31 Å². The van der Waals surface area contributed by atoms with Crippen molar-refractivity contribution in [2.45, 2.75) is 38.0 Å². The number of hydrogen-bond donors (Lipinski definition) is 2. The van der Waals surface area contributed by atoms with Crippen molar-refractivity contribution in [3.05, 3.63) is 29.3 Å². The van der Waals surface area contributed by atoms with Crippen LogP contribution in [0.25, 0.3) is 0 Å². The molecule has 0 spiro atoms. The van der Waals surface area contributed by atoms with Crippen LogP contribution < -0.4 is 5.32 Å². The minimum Gasteiger partial charge on any atom is -0.481 e. The summed E-state index contributed by atoms with van der Waals surface area (Å²) in [7, 11) is -3.63. The Morgan fingerprint density at radius 2 is 1.88 bits per heavy atom. The molecule has 8 heteroatoms. The second-order valence-electron chi connectivity index (χ2n) is 6.39. The summed E-state index contributed by atoms with van der Waals surface area (Å²) < 4.78 is 27.2. The summed E-state index contributed by atoms with van der Waals surface area (Å²) in [4.78, 5) is 23.2. The van der Waals surface area contributed by atoms with Crippen molar-refractivity contribution in [3.8, 4) is 0 Å². The number of benzene rings is 1. The Labute approximate surface area is 148 Å². The highest BCUT2D eigenvalue weighted by Gasteiger charge is 2.28. The number of amides is 1. The van der Waals surface area contributed by atoms with Gasteiger partial charge in [0.25, 0.3) is 5.91 Å². The lowest BCUT2D eigenvalue weighted by Gasteiger charge is -2.26. The number of aliphatic carboxylic acids is 1. The lowest BCUT2D eigenvalue weighted by molar-refractivity contribution is -0.140. The van der Waals surface area contributed by atoms with Gasteiger partial charge in [-0.05, 0) is 37.5 Å². The van der Waals surface area contributed by atoms with Crippen LogP contribution in [0.5, 0.6) is 0 Å². The first-order chi connectivity index (χ1) is 11.7. The van der Waals surface area contributed by atoms with Crippen molar-refractivity contribution in [2.24, 2.45) is 5.92 Å². The molecule has 7 nitrogen and oxygen atoms in total.